The third-order valence-corrected chi connectivity index (χ3v) is 3.46. The van der Waals surface area contributed by atoms with Gasteiger partial charge in [-0.3, -0.25) is 0 Å². The maximum Gasteiger partial charge on any atom is 0.339 e. The molecule has 18 heavy (non-hydrogen) atoms. The summed E-state index contributed by atoms with van der Waals surface area (Å²) in [6.45, 7) is 5.87. The van der Waals surface area contributed by atoms with Crippen LogP contribution >= 0.6 is 0 Å². The molecule has 1 aliphatic heterocycles. The monoisotopic (exact) mass is 249 g/mol. The Bertz CT molecular complexity index is 448. The van der Waals surface area contributed by atoms with Crippen LogP contribution in [0.15, 0.2) is 6.20 Å². The summed E-state index contributed by atoms with van der Waals surface area (Å²) in [5.74, 6) is 0.415. The highest BCUT2D eigenvalue weighted by molar-refractivity contribution is 5.88. The molecule has 1 N–H and O–H groups in total. The van der Waals surface area contributed by atoms with Gasteiger partial charge in [0.1, 0.15) is 0 Å². The van der Waals surface area contributed by atoms with E-state index in [1.54, 1.807) is 6.92 Å². The fourth-order valence-electron chi connectivity index (χ4n) is 2.48. The van der Waals surface area contributed by atoms with E-state index >= 15 is 0 Å². The molecular weight excluding hydrogens is 230 g/mol. The zero-order valence-corrected chi connectivity index (χ0v) is 10.9. The highest BCUT2D eigenvalue weighted by Gasteiger charge is 2.24. The minimum Gasteiger partial charge on any atom is -0.478 e. The maximum absolute atomic E-state index is 10.9. The number of rotatable bonds is 4. The molecule has 1 fully saturated rings. The van der Waals surface area contributed by atoms with E-state index in [1.165, 1.54) is 25.5 Å². The SMILES string of the molecule is CCCC1CCN(c2ncc(C(=O)O)c(C)n2)C1. The van der Waals surface area contributed by atoms with E-state index in [0.29, 0.717) is 11.6 Å². The van der Waals surface area contributed by atoms with Crippen molar-refractivity contribution in [2.45, 2.75) is 33.1 Å². The molecule has 0 saturated carbocycles. The lowest BCUT2D eigenvalue weighted by Crippen LogP contribution is -2.23. The summed E-state index contributed by atoms with van der Waals surface area (Å²) in [4.78, 5) is 21.5. The van der Waals surface area contributed by atoms with Crippen LogP contribution in [-0.4, -0.2) is 34.1 Å². The molecule has 1 aliphatic rings. The summed E-state index contributed by atoms with van der Waals surface area (Å²) in [5.41, 5.74) is 0.717. The van der Waals surface area contributed by atoms with Crippen LogP contribution in [0, 0.1) is 12.8 Å². The quantitative estimate of drug-likeness (QED) is 0.885. The van der Waals surface area contributed by atoms with Gasteiger partial charge in [0.2, 0.25) is 5.95 Å². The predicted molar refractivity (Wildman–Crippen MR) is 69.0 cm³/mol. The average Bonchev–Trinajstić information content (AvgIpc) is 2.77. The van der Waals surface area contributed by atoms with E-state index in [2.05, 4.69) is 21.8 Å². The third kappa shape index (κ3) is 2.60. The largest absolute Gasteiger partial charge is 0.478 e. The molecule has 1 aromatic rings. The molecule has 1 unspecified atom stereocenters. The molecule has 0 amide bonds. The topological polar surface area (TPSA) is 66.3 Å². The molecule has 0 aromatic carbocycles. The van der Waals surface area contributed by atoms with E-state index < -0.39 is 5.97 Å². The average molecular weight is 249 g/mol. The summed E-state index contributed by atoms with van der Waals surface area (Å²) in [5, 5.41) is 8.94. The minimum atomic E-state index is -0.968. The number of hydrogen-bond donors (Lipinski definition) is 1. The van der Waals surface area contributed by atoms with Crippen LogP contribution in [0.5, 0.6) is 0 Å². The van der Waals surface area contributed by atoms with Gasteiger partial charge in [0.25, 0.3) is 0 Å². The molecule has 0 radical (unpaired) electrons. The summed E-state index contributed by atoms with van der Waals surface area (Å²) in [7, 11) is 0. The molecule has 2 heterocycles. The van der Waals surface area contributed by atoms with E-state index in [-0.39, 0.29) is 5.56 Å². The van der Waals surface area contributed by atoms with Gasteiger partial charge in [-0.05, 0) is 25.7 Å². The van der Waals surface area contributed by atoms with Crippen LogP contribution in [0.4, 0.5) is 5.95 Å². The number of anilines is 1. The first kappa shape index (κ1) is 12.8. The van der Waals surface area contributed by atoms with Crippen LogP contribution < -0.4 is 4.90 Å². The van der Waals surface area contributed by atoms with E-state index in [9.17, 15) is 4.79 Å². The summed E-state index contributed by atoms with van der Waals surface area (Å²) < 4.78 is 0. The van der Waals surface area contributed by atoms with Crippen LogP contribution in [0.3, 0.4) is 0 Å². The molecule has 98 valence electrons. The van der Waals surface area contributed by atoms with Gasteiger partial charge in [0, 0.05) is 19.3 Å². The molecule has 2 rings (SSSR count). The van der Waals surface area contributed by atoms with E-state index in [4.69, 9.17) is 5.11 Å². The van der Waals surface area contributed by atoms with Crippen molar-refractivity contribution in [2.24, 2.45) is 5.92 Å². The summed E-state index contributed by atoms with van der Waals surface area (Å²) in [6, 6.07) is 0. The van der Waals surface area contributed by atoms with Crippen molar-refractivity contribution in [3.63, 3.8) is 0 Å². The molecule has 0 spiro atoms. The van der Waals surface area contributed by atoms with Gasteiger partial charge < -0.3 is 10.0 Å². The van der Waals surface area contributed by atoms with E-state index in [0.717, 1.165) is 19.0 Å². The predicted octanol–water partition coefficient (Wildman–Crippen LogP) is 2.11. The highest BCUT2D eigenvalue weighted by atomic mass is 16.4. The van der Waals surface area contributed by atoms with Crippen molar-refractivity contribution in [2.75, 3.05) is 18.0 Å². The number of nitrogens with zero attached hydrogens (tertiary/aromatic N) is 3. The van der Waals surface area contributed by atoms with E-state index in [1.807, 2.05) is 0 Å². The number of hydrogen-bond acceptors (Lipinski definition) is 4. The van der Waals surface area contributed by atoms with Crippen molar-refractivity contribution in [1.82, 2.24) is 9.97 Å². The zero-order valence-electron chi connectivity index (χ0n) is 10.9. The van der Waals surface area contributed by atoms with Crippen molar-refractivity contribution in [3.05, 3.63) is 17.5 Å². The molecule has 1 atom stereocenters. The number of aryl methyl sites for hydroxylation is 1. The van der Waals surface area contributed by atoms with Gasteiger partial charge in [-0.15, -0.1) is 0 Å². The lowest BCUT2D eigenvalue weighted by molar-refractivity contribution is 0.0695. The second-order valence-electron chi connectivity index (χ2n) is 4.86. The Morgan fingerprint density at radius 3 is 3.00 bits per heavy atom. The first-order valence-electron chi connectivity index (χ1n) is 6.43. The third-order valence-electron chi connectivity index (χ3n) is 3.46. The molecule has 1 saturated heterocycles. The molecule has 0 aliphatic carbocycles. The Morgan fingerprint density at radius 2 is 2.39 bits per heavy atom. The van der Waals surface area contributed by atoms with Gasteiger partial charge >= 0.3 is 5.97 Å². The van der Waals surface area contributed by atoms with Crippen LogP contribution in [-0.2, 0) is 0 Å². The van der Waals surface area contributed by atoms with Crippen LogP contribution in [0.25, 0.3) is 0 Å². The Morgan fingerprint density at radius 1 is 1.61 bits per heavy atom. The summed E-state index contributed by atoms with van der Waals surface area (Å²) >= 11 is 0. The number of carboxylic acid groups (broad SMARTS) is 1. The minimum absolute atomic E-state index is 0.183. The second kappa shape index (κ2) is 5.33. The first-order valence-corrected chi connectivity index (χ1v) is 6.43. The number of aromatic nitrogens is 2. The van der Waals surface area contributed by atoms with Crippen molar-refractivity contribution < 1.29 is 9.90 Å². The Balaban J connectivity index is 2.11. The Kier molecular flexibility index (Phi) is 3.79. The standard InChI is InChI=1S/C13H19N3O2/c1-3-4-10-5-6-16(8-10)13-14-7-11(12(17)18)9(2)15-13/h7,10H,3-6,8H2,1-2H3,(H,17,18). The molecule has 5 nitrogen and oxygen atoms in total. The van der Waals surface area contributed by atoms with Crippen molar-refractivity contribution in [1.29, 1.82) is 0 Å². The lowest BCUT2D eigenvalue weighted by atomic mass is 10.0. The molecular formula is C13H19N3O2. The Hall–Kier alpha value is -1.65. The highest BCUT2D eigenvalue weighted by Crippen LogP contribution is 2.24. The van der Waals surface area contributed by atoms with Gasteiger partial charge in [0.05, 0.1) is 11.3 Å². The van der Waals surface area contributed by atoms with Gasteiger partial charge in [-0.2, -0.15) is 0 Å². The van der Waals surface area contributed by atoms with Crippen molar-refractivity contribution in [3.8, 4) is 0 Å². The molecule has 5 heteroatoms. The van der Waals surface area contributed by atoms with Crippen LogP contribution in [0.2, 0.25) is 0 Å². The smallest absolute Gasteiger partial charge is 0.339 e. The van der Waals surface area contributed by atoms with Crippen molar-refractivity contribution >= 4 is 11.9 Å². The number of aromatic carboxylic acids is 1. The van der Waals surface area contributed by atoms with Crippen LogP contribution in [0.1, 0.15) is 42.2 Å². The fraction of sp³-hybridized carbons (Fsp3) is 0.615. The first-order chi connectivity index (χ1) is 8.61. The number of carbonyl (C=O) groups is 1. The summed E-state index contributed by atoms with van der Waals surface area (Å²) in [6.07, 6.45) is 5.03. The lowest BCUT2D eigenvalue weighted by Gasteiger charge is -2.16. The molecule has 0 bridgehead atoms. The normalized spacial score (nSPS) is 19.2. The second-order valence-corrected chi connectivity index (χ2v) is 4.86. The van der Waals surface area contributed by atoms with Gasteiger partial charge in [0.15, 0.2) is 0 Å². The fourth-order valence-corrected chi connectivity index (χ4v) is 2.48. The molecule has 1 aromatic heterocycles. The zero-order chi connectivity index (χ0) is 13.1. The maximum atomic E-state index is 10.9. The van der Waals surface area contributed by atoms with Gasteiger partial charge in [-0.1, -0.05) is 13.3 Å². The van der Waals surface area contributed by atoms with Gasteiger partial charge in [-0.25, -0.2) is 14.8 Å². The number of carboxylic acids is 1. The Labute approximate surface area is 107 Å².